The Hall–Kier alpha value is -1.82. The summed E-state index contributed by atoms with van der Waals surface area (Å²) in [5.74, 6) is 1.91. The van der Waals surface area contributed by atoms with E-state index in [9.17, 15) is 0 Å². The Morgan fingerprint density at radius 1 is 1.40 bits per heavy atom. The van der Waals surface area contributed by atoms with Gasteiger partial charge in [-0.15, -0.1) is 11.3 Å². The summed E-state index contributed by atoms with van der Waals surface area (Å²) < 4.78 is 1.90. The Morgan fingerprint density at radius 3 is 2.76 bits per heavy atom. The second kappa shape index (κ2) is 9.04. The van der Waals surface area contributed by atoms with Gasteiger partial charge < -0.3 is 10.2 Å². The van der Waals surface area contributed by atoms with Gasteiger partial charge in [0.25, 0.3) is 0 Å². The highest BCUT2D eigenvalue weighted by atomic mass is 32.1. The van der Waals surface area contributed by atoms with Crippen molar-refractivity contribution >= 4 is 17.3 Å². The molecule has 138 valence electrons. The Bertz CT molecular complexity index is 672. The minimum atomic E-state index is 0.422. The number of aromatic nitrogens is 2. The molecular formula is C19H31N5S. The molecule has 2 aromatic heterocycles. The molecule has 0 aliphatic carbocycles. The van der Waals surface area contributed by atoms with Gasteiger partial charge in [-0.1, -0.05) is 26.8 Å². The Labute approximate surface area is 155 Å². The molecular weight excluding hydrogens is 330 g/mol. The molecule has 2 rings (SSSR count). The molecule has 1 unspecified atom stereocenters. The van der Waals surface area contributed by atoms with Crippen LogP contribution in [0.25, 0.3) is 0 Å². The van der Waals surface area contributed by atoms with Gasteiger partial charge in [-0.2, -0.15) is 5.10 Å². The van der Waals surface area contributed by atoms with Crippen molar-refractivity contribution in [3.8, 4) is 0 Å². The third-order valence-corrected chi connectivity index (χ3v) is 5.10. The van der Waals surface area contributed by atoms with Crippen LogP contribution in [-0.2, 0) is 20.0 Å². The lowest BCUT2D eigenvalue weighted by Crippen LogP contribution is -2.40. The molecule has 25 heavy (non-hydrogen) atoms. The van der Waals surface area contributed by atoms with Crippen LogP contribution >= 0.6 is 11.3 Å². The van der Waals surface area contributed by atoms with Crippen LogP contribution in [0.2, 0.25) is 0 Å². The maximum atomic E-state index is 4.60. The third kappa shape index (κ3) is 5.59. The van der Waals surface area contributed by atoms with Crippen LogP contribution in [0.4, 0.5) is 0 Å². The standard InChI is InChI=1S/C19H31N5S/c1-14(2)18-16(13-24(6)22-18)12-23(5)19(20-4)21-11-15(3)10-17-8-7-9-25-17/h7-9,13-15H,10-12H2,1-6H3,(H,20,21). The zero-order valence-corrected chi connectivity index (χ0v) is 17.1. The lowest BCUT2D eigenvalue weighted by atomic mass is 10.1. The molecule has 0 saturated carbocycles. The van der Waals surface area contributed by atoms with E-state index < -0.39 is 0 Å². The number of thiophene rings is 1. The van der Waals surface area contributed by atoms with Gasteiger partial charge >= 0.3 is 0 Å². The number of guanidine groups is 1. The molecule has 0 aliphatic rings. The fourth-order valence-electron chi connectivity index (χ4n) is 2.99. The van der Waals surface area contributed by atoms with Crippen molar-refractivity contribution < 1.29 is 0 Å². The SMILES string of the molecule is CN=C(NCC(C)Cc1cccs1)N(C)Cc1cn(C)nc1C(C)C. The van der Waals surface area contributed by atoms with E-state index in [1.165, 1.54) is 10.4 Å². The minimum Gasteiger partial charge on any atom is -0.356 e. The monoisotopic (exact) mass is 361 g/mol. The van der Waals surface area contributed by atoms with Gasteiger partial charge in [-0.05, 0) is 29.7 Å². The summed E-state index contributed by atoms with van der Waals surface area (Å²) in [5.41, 5.74) is 2.42. The normalized spacial score (nSPS) is 13.3. The summed E-state index contributed by atoms with van der Waals surface area (Å²) in [6.45, 7) is 8.37. The van der Waals surface area contributed by atoms with E-state index in [0.717, 1.165) is 31.2 Å². The first-order valence-electron chi connectivity index (χ1n) is 8.87. The van der Waals surface area contributed by atoms with E-state index >= 15 is 0 Å². The fourth-order valence-corrected chi connectivity index (χ4v) is 3.86. The third-order valence-electron chi connectivity index (χ3n) is 4.20. The second-order valence-corrected chi connectivity index (χ2v) is 8.07. The first-order chi connectivity index (χ1) is 11.9. The van der Waals surface area contributed by atoms with Gasteiger partial charge in [0, 0.05) is 50.9 Å². The van der Waals surface area contributed by atoms with Crippen LogP contribution in [0.1, 0.15) is 42.8 Å². The van der Waals surface area contributed by atoms with Crippen molar-refractivity contribution in [2.45, 2.75) is 39.7 Å². The van der Waals surface area contributed by atoms with Gasteiger partial charge in [-0.25, -0.2) is 0 Å². The Balaban J connectivity index is 1.91. The molecule has 0 amide bonds. The first-order valence-corrected chi connectivity index (χ1v) is 9.75. The van der Waals surface area contributed by atoms with Crippen LogP contribution in [0.5, 0.6) is 0 Å². The first kappa shape index (κ1) is 19.5. The lowest BCUT2D eigenvalue weighted by Gasteiger charge is -2.23. The average Bonchev–Trinajstić information content (AvgIpc) is 3.17. The largest absolute Gasteiger partial charge is 0.356 e. The number of nitrogens with zero attached hydrogens (tertiary/aromatic N) is 4. The maximum Gasteiger partial charge on any atom is 0.193 e. The van der Waals surface area contributed by atoms with E-state index in [1.54, 1.807) is 0 Å². The molecule has 0 aliphatic heterocycles. The van der Waals surface area contributed by atoms with Gasteiger partial charge in [0.05, 0.1) is 5.69 Å². The number of rotatable bonds is 7. The summed E-state index contributed by atoms with van der Waals surface area (Å²) >= 11 is 1.83. The van der Waals surface area contributed by atoms with Crippen LogP contribution in [0.3, 0.4) is 0 Å². The van der Waals surface area contributed by atoms with E-state index in [0.29, 0.717) is 11.8 Å². The zero-order chi connectivity index (χ0) is 18.4. The Kier molecular flexibility index (Phi) is 7.05. The van der Waals surface area contributed by atoms with Crippen molar-refractivity contribution in [1.82, 2.24) is 20.0 Å². The molecule has 1 N–H and O–H groups in total. The highest BCUT2D eigenvalue weighted by Gasteiger charge is 2.15. The topological polar surface area (TPSA) is 45.5 Å². The average molecular weight is 362 g/mol. The molecule has 0 bridgehead atoms. The molecule has 0 radical (unpaired) electrons. The predicted octanol–water partition coefficient (Wildman–Crippen LogP) is 3.49. The molecule has 6 heteroatoms. The van der Waals surface area contributed by atoms with Gasteiger partial charge in [-0.3, -0.25) is 9.67 Å². The van der Waals surface area contributed by atoms with Crippen LogP contribution in [0.15, 0.2) is 28.7 Å². The van der Waals surface area contributed by atoms with Gasteiger partial charge in [0.15, 0.2) is 5.96 Å². The molecule has 5 nitrogen and oxygen atoms in total. The maximum absolute atomic E-state index is 4.60. The van der Waals surface area contributed by atoms with Crippen molar-refractivity contribution in [2.24, 2.45) is 18.0 Å². The predicted molar refractivity (Wildman–Crippen MR) is 107 cm³/mol. The summed E-state index contributed by atoms with van der Waals surface area (Å²) in [5, 5.41) is 10.2. The molecule has 0 spiro atoms. The number of aryl methyl sites for hydroxylation is 1. The number of nitrogens with one attached hydrogen (secondary N) is 1. The highest BCUT2D eigenvalue weighted by molar-refractivity contribution is 7.09. The van der Waals surface area contributed by atoms with E-state index in [2.05, 4.69) is 71.8 Å². The van der Waals surface area contributed by atoms with Crippen molar-refractivity contribution in [3.05, 3.63) is 39.8 Å². The fraction of sp³-hybridized carbons (Fsp3) is 0.579. The number of hydrogen-bond acceptors (Lipinski definition) is 3. The highest BCUT2D eigenvalue weighted by Crippen LogP contribution is 2.18. The van der Waals surface area contributed by atoms with E-state index in [4.69, 9.17) is 0 Å². The van der Waals surface area contributed by atoms with Crippen LogP contribution in [-0.4, -0.2) is 41.3 Å². The molecule has 0 fully saturated rings. The lowest BCUT2D eigenvalue weighted by molar-refractivity contribution is 0.459. The smallest absolute Gasteiger partial charge is 0.193 e. The molecule has 2 heterocycles. The summed E-state index contributed by atoms with van der Waals surface area (Å²) in [7, 11) is 5.90. The van der Waals surface area contributed by atoms with Crippen molar-refractivity contribution in [2.75, 3.05) is 20.6 Å². The summed E-state index contributed by atoms with van der Waals surface area (Å²) in [6, 6.07) is 4.32. The quantitative estimate of drug-likeness (QED) is 0.606. The molecule has 1 atom stereocenters. The molecule has 0 aromatic carbocycles. The molecule has 2 aromatic rings. The number of hydrogen-bond donors (Lipinski definition) is 1. The summed E-state index contributed by atoms with van der Waals surface area (Å²) in [4.78, 5) is 8.05. The van der Waals surface area contributed by atoms with Gasteiger partial charge in [0.1, 0.15) is 0 Å². The van der Waals surface area contributed by atoms with Crippen molar-refractivity contribution in [1.29, 1.82) is 0 Å². The van der Waals surface area contributed by atoms with E-state index in [-0.39, 0.29) is 0 Å². The Morgan fingerprint density at radius 2 is 2.16 bits per heavy atom. The van der Waals surface area contributed by atoms with Crippen molar-refractivity contribution in [3.63, 3.8) is 0 Å². The minimum absolute atomic E-state index is 0.422. The zero-order valence-electron chi connectivity index (χ0n) is 16.3. The van der Waals surface area contributed by atoms with E-state index in [1.807, 2.05) is 30.1 Å². The van der Waals surface area contributed by atoms with Crippen LogP contribution in [0, 0.1) is 5.92 Å². The molecule has 0 saturated heterocycles. The second-order valence-electron chi connectivity index (χ2n) is 7.04. The summed E-state index contributed by atoms with van der Waals surface area (Å²) in [6.07, 6.45) is 3.21. The van der Waals surface area contributed by atoms with Crippen LogP contribution < -0.4 is 5.32 Å². The van der Waals surface area contributed by atoms with Gasteiger partial charge in [0.2, 0.25) is 0 Å². The number of aliphatic imine (C=N–C) groups is 1.